The molecule has 6 heteroatoms. The molecular formula is C29H35NO5. The molecule has 2 aliphatic carbocycles. The second-order valence-corrected chi connectivity index (χ2v) is 9.55. The molecule has 0 bridgehead atoms. The second-order valence-electron chi connectivity index (χ2n) is 9.55. The molecule has 0 spiro atoms. The third-order valence-electron chi connectivity index (χ3n) is 6.86. The second kappa shape index (κ2) is 12.0. The maximum Gasteiger partial charge on any atom is 0.308 e. The molecule has 2 aromatic rings. The summed E-state index contributed by atoms with van der Waals surface area (Å²) in [6.07, 6.45) is 6.73. The lowest BCUT2D eigenvalue weighted by atomic mass is 9.87. The van der Waals surface area contributed by atoms with Gasteiger partial charge in [0.1, 0.15) is 5.75 Å². The fraction of sp³-hybridized carbons (Fsp3) is 0.483. The van der Waals surface area contributed by atoms with Crippen molar-refractivity contribution in [3.05, 3.63) is 65.2 Å². The van der Waals surface area contributed by atoms with Crippen molar-refractivity contribution in [3.8, 4) is 5.75 Å². The Balaban J connectivity index is 1.14. The predicted octanol–water partition coefficient (Wildman–Crippen LogP) is 5.46. The van der Waals surface area contributed by atoms with E-state index in [0.29, 0.717) is 43.0 Å². The molecule has 4 rings (SSSR count). The third kappa shape index (κ3) is 7.17. The summed E-state index contributed by atoms with van der Waals surface area (Å²) in [5.41, 5.74) is 2.61. The van der Waals surface area contributed by atoms with Crippen LogP contribution in [0.25, 0.3) is 0 Å². The first-order valence-electron chi connectivity index (χ1n) is 12.9. The van der Waals surface area contributed by atoms with E-state index in [1.165, 1.54) is 18.4 Å². The van der Waals surface area contributed by atoms with Crippen molar-refractivity contribution in [1.82, 2.24) is 5.32 Å². The Morgan fingerprint density at radius 3 is 2.14 bits per heavy atom. The average molecular weight is 478 g/mol. The van der Waals surface area contributed by atoms with Crippen LogP contribution in [0.1, 0.15) is 90.5 Å². The molecule has 0 atom stereocenters. The van der Waals surface area contributed by atoms with Gasteiger partial charge in [-0.1, -0.05) is 12.1 Å². The van der Waals surface area contributed by atoms with Gasteiger partial charge in [-0.2, -0.15) is 0 Å². The van der Waals surface area contributed by atoms with E-state index in [1.807, 2.05) is 43.3 Å². The minimum Gasteiger partial charge on any atom is -0.490 e. The maximum absolute atomic E-state index is 12.5. The van der Waals surface area contributed by atoms with Gasteiger partial charge in [-0.3, -0.25) is 14.4 Å². The Labute approximate surface area is 207 Å². The molecule has 2 fully saturated rings. The molecule has 2 saturated carbocycles. The Bertz CT molecular complexity index is 1000. The monoisotopic (exact) mass is 477 g/mol. The Hall–Kier alpha value is -3.15. The molecule has 0 heterocycles. The number of ketones is 1. The highest BCUT2D eigenvalue weighted by Gasteiger charge is 2.28. The number of benzene rings is 2. The van der Waals surface area contributed by atoms with Crippen LogP contribution in [-0.4, -0.2) is 36.9 Å². The minimum absolute atomic E-state index is 0.0209. The molecule has 186 valence electrons. The highest BCUT2D eigenvalue weighted by atomic mass is 16.5. The van der Waals surface area contributed by atoms with Gasteiger partial charge in [-0.05, 0) is 99.7 Å². The maximum atomic E-state index is 12.5. The Morgan fingerprint density at radius 2 is 1.51 bits per heavy atom. The Kier molecular flexibility index (Phi) is 8.56. The summed E-state index contributed by atoms with van der Waals surface area (Å²) in [6.45, 7) is 2.71. The molecule has 0 aliphatic heterocycles. The minimum atomic E-state index is -0.101. The number of rotatable bonds is 11. The summed E-state index contributed by atoms with van der Waals surface area (Å²) >= 11 is 0. The average Bonchev–Trinajstić information content (AvgIpc) is 3.73. The van der Waals surface area contributed by atoms with Gasteiger partial charge in [0, 0.05) is 24.1 Å². The van der Waals surface area contributed by atoms with Gasteiger partial charge in [-0.15, -0.1) is 0 Å². The fourth-order valence-corrected chi connectivity index (χ4v) is 4.61. The largest absolute Gasteiger partial charge is 0.490 e. The third-order valence-corrected chi connectivity index (χ3v) is 6.86. The number of ether oxygens (including phenoxy) is 2. The molecule has 0 unspecified atom stereocenters. The number of esters is 1. The molecule has 0 aromatic heterocycles. The predicted molar refractivity (Wildman–Crippen MR) is 134 cm³/mol. The van der Waals surface area contributed by atoms with E-state index >= 15 is 0 Å². The highest BCUT2D eigenvalue weighted by Crippen LogP contribution is 2.39. The van der Waals surface area contributed by atoms with Crippen LogP contribution in [0.15, 0.2) is 48.5 Å². The number of hydrogen-bond donors (Lipinski definition) is 1. The normalized spacial score (nSPS) is 19.6. The van der Waals surface area contributed by atoms with Crippen molar-refractivity contribution in [2.75, 3.05) is 13.2 Å². The number of Topliss-reactive ketones (excluding diaryl/α,β-unsaturated/α-hetero) is 1. The molecule has 0 saturated heterocycles. The van der Waals surface area contributed by atoms with Gasteiger partial charge in [-0.25, -0.2) is 0 Å². The molecule has 0 radical (unpaired) electrons. The lowest BCUT2D eigenvalue weighted by molar-refractivity contribution is -0.149. The van der Waals surface area contributed by atoms with E-state index in [9.17, 15) is 14.4 Å². The van der Waals surface area contributed by atoms with Crippen LogP contribution in [0.4, 0.5) is 0 Å². The highest BCUT2D eigenvalue weighted by molar-refractivity contribution is 5.96. The fourth-order valence-electron chi connectivity index (χ4n) is 4.61. The molecule has 2 aromatic carbocycles. The van der Waals surface area contributed by atoms with Gasteiger partial charge in [0.05, 0.1) is 18.6 Å². The zero-order valence-corrected chi connectivity index (χ0v) is 20.5. The number of nitrogens with one attached hydrogen (secondary N) is 1. The zero-order chi connectivity index (χ0) is 24.6. The molecule has 6 nitrogen and oxygen atoms in total. The first kappa shape index (κ1) is 25.0. The smallest absolute Gasteiger partial charge is 0.308 e. The van der Waals surface area contributed by atoms with Crippen LogP contribution in [-0.2, 0) is 9.53 Å². The van der Waals surface area contributed by atoms with E-state index in [2.05, 4.69) is 5.32 Å². The van der Waals surface area contributed by atoms with Crippen molar-refractivity contribution in [2.45, 2.75) is 70.3 Å². The van der Waals surface area contributed by atoms with Crippen molar-refractivity contribution in [3.63, 3.8) is 0 Å². The van der Waals surface area contributed by atoms with Crippen molar-refractivity contribution < 1.29 is 23.9 Å². The Morgan fingerprint density at radius 1 is 0.857 bits per heavy atom. The van der Waals surface area contributed by atoms with Gasteiger partial charge in [0.2, 0.25) is 0 Å². The first-order chi connectivity index (χ1) is 17.0. The van der Waals surface area contributed by atoms with E-state index in [1.54, 1.807) is 12.1 Å². The molecule has 35 heavy (non-hydrogen) atoms. The molecular weight excluding hydrogens is 442 g/mol. The lowest BCUT2D eigenvalue weighted by Gasteiger charge is -2.27. The summed E-state index contributed by atoms with van der Waals surface area (Å²) in [7, 11) is 0. The summed E-state index contributed by atoms with van der Waals surface area (Å²) in [5, 5.41) is 2.90. The van der Waals surface area contributed by atoms with Crippen LogP contribution in [0, 0.1) is 5.92 Å². The van der Waals surface area contributed by atoms with Crippen LogP contribution in [0.3, 0.4) is 0 Å². The van der Waals surface area contributed by atoms with Gasteiger partial charge >= 0.3 is 5.97 Å². The van der Waals surface area contributed by atoms with Gasteiger partial charge < -0.3 is 14.8 Å². The van der Waals surface area contributed by atoms with Gasteiger partial charge in [0.15, 0.2) is 5.78 Å². The number of carbonyl (C=O) groups excluding carboxylic acids is 3. The van der Waals surface area contributed by atoms with Crippen LogP contribution < -0.4 is 10.1 Å². The van der Waals surface area contributed by atoms with E-state index < -0.39 is 0 Å². The van der Waals surface area contributed by atoms with Gasteiger partial charge in [0.25, 0.3) is 5.91 Å². The summed E-state index contributed by atoms with van der Waals surface area (Å²) in [4.78, 5) is 36.7. The standard InChI is InChI=1S/C29H35NO5/c1-2-34-29(33)24-13-17-26(18-14-24)35-25-15-11-22(12-16-25)27(31)4-3-19-30-28(32)23-9-7-21(8-10-23)20-5-6-20/h7-12,15-16,20,24,26H,2-6,13-14,17-19H2,1H3,(H,30,32). The topological polar surface area (TPSA) is 81.7 Å². The zero-order valence-electron chi connectivity index (χ0n) is 20.5. The van der Waals surface area contributed by atoms with Crippen molar-refractivity contribution >= 4 is 17.7 Å². The van der Waals surface area contributed by atoms with E-state index in [0.717, 1.165) is 31.4 Å². The summed E-state index contributed by atoms with van der Waals surface area (Å²) < 4.78 is 11.2. The molecule has 2 aliphatic rings. The SMILES string of the molecule is CCOC(=O)C1CCC(Oc2ccc(C(=O)CCCNC(=O)c3ccc(C4CC4)cc3)cc2)CC1. The quantitative estimate of drug-likeness (QED) is 0.264. The van der Waals surface area contributed by atoms with Crippen LogP contribution in [0.5, 0.6) is 5.75 Å². The van der Waals surface area contributed by atoms with Crippen molar-refractivity contribution in [1.29, 1.82) is 0 Å². The van der Waals surface area contributed by atoms with Crippen molar-refractivity contribution in [2.24, 2.45) is 5.92 Å². The van der Waals surface area contributed by atoms with Crippen LogP contribution in [0.2, 0.25) is 0 Å². The number of amides is 1. The van der Waals surface area contributed by atoms with E-state index in [4.69, 9.17) is 9.47 Å². The van der Waals surface area contributed by atoms with E-state index in [-0.39, 0.29) is 29.7 Å². The lowest BCUT2D eigenvalue weighted by Crippen LogP contribution is -2.29. The summed E-state index contributed by atoms with van der Waals surface area (Å²) in [6, 6.07) is 15.1. The number of hydrogen-bond acceptors (Lipinski definition) is 5. The molecule has 1 N–H and O–H groups in total. The first-order valence-corrected chi connectivity index (χ1v) is 12.9. The molecule has 1 amide bonds. The summed E-state index contributed by atoms with van der Waals surface area (Å²) in [5.74, 6) is 1.24. The van der Waals surface area contributed by atoms with Crippen LogP contribution >= 0.6 is 0 Å². The number of carbonyl (C=O) groups is 3.